The van der Waals surface area contributed by atoms with Gasteiger partial charge in [0.15, 0.2) is 0 Å². The molecule has 1 unspecified atom stereocenters. The first kappa shape index (κ1) is 17.3. The number of aryl methyl sites for hydroxylation is 2. The van der Waals surface area contributed by atoms with Gasteiger partial charge in [-0.05, 0) is 36.8 Å². The predicted molar refractivity (Wildman–Crippen MR) is 96.5 cm³/mol. The first-order chi connectivity index (χ1) is 13.0. The number of amides is 1. The summed E-state index contributed by atoms with van der Waals surface area (Å²) in [4.78, 5) is 16.2. The Morgan fingerprint density at radius 2 is 1.96 bits per heavy atom. The van der Waals surface area contributed by atoms with Gasteiger partial charge in [-0.2, -0.15) is 9.90 Å². The molecule has 1 N–H and O–H groups in total. The van der Waals surface area contributed by atoms with Crippen molar-refractivity contribution in [2.45, 2.75) is 32.5 Å². The zero-order chi connectivity index (χ0) is 19.0. The Bertz CT molecular complexity index is 959. The number of tetrazole rings is 1. The number of carbonyl (C=O) groups is 1. The van der Waals surface area contributed by atoms with Crippen LogP contribution in [-0.2, 0) is 20.1 Å². The average Bonchev–Trinajstić information content (AvgIpc) is 3.22. The largest absolute Gasteiger partial charge is 0.387 e. The molecular formula is C18H21N7O2. The van der Waals surface area contributed by atoms with Gasteiger partial charge in [-0.1, -0.05) is 12.1 Å². The van der Waals surface area contributed by atoms with Crippen molar-refractivity contribution in [1.82, 2.24) is 34.9 Å². The van der Waals surface area contributed by atoms with Gasteiger partial charge in [-0.15, -0.1) is 10.2 Å². The molecule has 1 amide bonds. The third-order valence-electron chi connectivity index (χ3n) is 4.65. The highest BCUT2D eigenvalue weighted by Gasteiger charge is 2.22. The van der Waals surface area contributed by atoms with Crippen LogP contribution in [0.1, 0.15) is 41.2 Å². The van der Waals surface area contributed by atoms with E-state index >= 15 is 0 Å². The maximum absolute atomic E-state index is 13.0. The van der Waals surface area contributed by atoms with Crippen molar-refractivity contribution in [3.05, 3.63) is 47.3 Å². The van der Waals surface area contributed by atoms with Crippen LogP contribution in [-0.4, -0.2) is 52.4 Å². The molecule has 2 aromatic heterocycles. The van der Waals surface area contributed by atoms with Gasteiger partial charge in [0.1, 0.15) is 0 Å². The molecule has 0 fully saturated rings. The number of aliphatic hydroxyl groups is 1. The molecule has 9 heteroatoms. The number of hydrogen-bond donors (Lipinski definition) is 1. The van der Waals surface area contributed by atoms with Crippen LogP contribution in [0, 0.1) is 0 Å². The second-order valence-electron chi connectivity index (χ2n) is 6.72. The fourth-order valence-electron chi connectivity index (χ4n) is 3.21. The summed E-state index contributed by atoms with van der Waals surface area (Å²) in [5.41, 5.74) is 3.01. The van der Waals surface area contributed by atoms with Gasteiger partial charge in [-0.25, -0.2) is 0 Å². The monoisotopic (exact) mass is 367 g/mol. The van der Waals surface area contributed by atoms with E-state index in [9.17, 15) is 9.90 Å². The fourth-order valence-corrected chi connectivity index (χ4v) is 3.21. The summed E-state index contributed by atoms with van der Waals surface area (Å²) in [5.74, 6) is 0.503. The zero-order valence-electron chi connectivity index (χ0n) is 15.3. The van der Waals surface area contributed by atoms with E-state index in [0.29, 0.717) is 30.2 Å². The number of carbonyl (C=O) groups excluding carboxylic acids is 1. The highest BCUT2D eigenvalue weighted by atomic mass is 16.3. The third kappa shape index (κ3) is 3.45. The van der Waals surface area contributed by atoms with Gasteiger partial charge >= 0.3 is 0 Å². The summed E-state index contributed by atoms with van der Waals surface area (Å²) >= 11 is 0. The lowest BCUT2D eigenvalue weighted by Gasteiger charge is -2.20. The molecule has 3 heterocycles. The van der Waals surface area contributed by atoms with Gasteiger partial charge in [0.2, 0.25) is 5.82 Å². The smallest absolute Gasteiger partial charge is 0.254 e. The highest BCUT2D eigenvalue weighted by Crippen LogP contribution is 2.20. The van der Waals surface area contributed by atoms with E-state index in [2.05, 4.69) is 20.5 Å². The standard InChI is InChI=1S/C18H21N7O2/c1-12(26)16-10-15-11-24(8-3-9-25(15)20-16)18(27)14-6-4-13(5-7-14)17-19-22-23(2)21-17/h4-7,10,12,26H,3,8-9,11H2,1-2H3. The van der Waals surface area contributed by atoms with Crippen molar-refractivity contribution in [3.63, 3.8) is 0 Å². The summed E-state index contributed by atoms with van der Waals surface area (Å²) < 4.78 is 1.89. The second-order valence-corrected chi connectivity index (χ2v) is 6.72. The number of hydrogen-bond acceptors (Lipinski definition) is 6. The Morgan fingerprint density at radius 3 is 2.63 bits per heavy atom. The lowest BCUT2D eigenvalue weighted by Crippen LogP contribution is -2.30. The molecule has 3 aromatic rings. The van der Waals surface area contributed by atoms with Crippen molar-refractivity contribution >= 4 is 5.91 Å². The van der Waals surface area contributed by atoms with Crippen LogP contribution in [0.15, 0.2) is 30.3 Å². The summed E-state index contributed by atoms with van der Waals surface area (Å²) in [5, 5.41) is 26.1. The van der Waals surface area contributed by atoms with Crippen LogP contribution < -0.4 is 0 Å². The van der Waals surface area contributed by atoms with Gasteiger partial charge in [0, 0.05) is 24.2 Å². The number of nitrogens with zero attached hydrogens (tertiary/aromatic N) is 7. The molecule has 1 aliphatic rings. The van der Waals surface area contributed by atoms with Crippen LogP contribution in [0.5, 0.6) is 0 Å². The van der Waals surface area contributed by atoms with E-state index in [1.807, 2.05) is 27.8 Å². The Kier molecular flexibility index (Phi) is 4.44. The van der Waals surface area contributed by atoms with Gasteiger partial charge in [0.25, 0.3) is 5.91 Å². The molecule has 0 radical (unpaired) electrons. The van der Waals surface area contributed by atoms with Gasteiger partial charge in [-0.3, -0.25) is 9.48 Å². The molecule has 1 aromatic carbocycles. The summed E-state index contributed by atoms with van der Waals surface area (Å²) in [6, 6.07) is 9.11. The quantitative estimate of drug-likeness (QED) is 0.746. The molecule has 4 rings (SSSR count). The van der Waals surface area contributed by atoms with E-state index in [-0.39, 0.29) is 5.91 Å². The number of aliphatic hydroxyl groups excluding tert-OH is 1. The van der Waals surface area contributed by atoms with Gasteiger partial charge < -0.3 is 10.0 Å². The zero-order valence-corrected chi connectivity index (χ0v) is 15.3. The topological polar surface area (TPSA) is 102 Å². The molecule has 0 spiro atoms. The molecule has 0 saturated carbocycles. The molecular weight excluding hydrogens is 346 g/mol. The molecule has 1 atom stereocenters. The molecule has 0 saturated heterocycles. The first-order valence-electron chi connectivity index (χ1n) is 8.89. The Hall–Kier alpha value is -3.07. The van der Waals surface area contributed by atoms with Crippen LogP contribution in [0.2, 0.25) is 0 Å². The van der Waals surface area contributed by atoms with E-state index < -0.39 is 6.10 Å². The van der Waals surface area contributed by atoms with E-state index in [1.165, 1.54) is 4.80 Å². The van der Waals surface area contributed by atoms with E-state index in [1.54, 1.807) is 26.1 Å². The van der Waals surface area contributed by atoms with Crippen molar-refractivity contribution < 1.29 is 9.90 Å². The van der Waals surface area contributed by atoms with Crippen LogP contribution >= 0.6 is 0 Å². The van der Waals surface area contributed by atoms with Crippen LogP contribution in [0.3, 0.4) is 0 Å². The number of aromatic nitrogens is 6. The Labute approximate surface area is 156 Å². The SMILES string of the molecule is CC(O)c1cc2n(n1)CCCN(C(=O)c1ccc(-c3nnn(C)n3)cc1)C2. The predicted octanol–water partition coefficient (Wildman–Crippen LogP) is 1.17. The minimum Gasteiger partial charge on any atom is -0.387 e. The molecule has 0 bridgehead atoms. The normalized spacial score (nSPS) is 15.3. The molecule has 1 aliphatic heterocycles. The summed E-state index contributed by atoms with van der Waals surface area (Å²) in [7, 11) is 1.71. The number of rotatable bonds is 3. The van der Waals surface area contributed by atoms with Crippen molar-refractivity contribution in [2.24, 2.45) is 7.05 Å². The van der Waals surface area contributed by atoms with E-state index in [4.69, 9.17) is 0 Å². The molecule has 9 nitrogen and oxygen atoms in total. The number of benzene rings is 1. The second kappa shape index (κ2) is 6.92. The minimum atomic E-state index is -0.615. The first-order valence-corrected chi connectivity index (χ1v) is 8.89. The Morgan fingerprint density at radius 1 is 1.19 bits per heavy atom. The minimum absolute atomic E-state index is 0.0260. The molecule has 27 heavy (non-hydrogen) atoms. The number of fused-ring (bicyclic) bond motifs is 1. The maximum atomic E-state index is 13.0. The lowest BCUT2D eigenvalue weighted by molar-refractivity contribution is 0.0746. The fraction of sp³-hybridized carbons (Fsp3) is 0.389. The Balaban J connectivity index is 1.53. The van der Waals surface area contributed by atoms with Crippen LogP contribution in [0.25, 0.3) is 11.4 Å². The molecule has 140 valence electrons. The molecule has 0 aliphatic carbocycles. The van der Waals surface area contributed by atoms with E-state index in [0.717, 1.165) is 24.2 Å². The maximum Gasteiger partial charge on any atom is 0.254 e. The van der Waals surface area contributed by atoms with Gasteiger partial charge in [0.05, 0.1) is 31.1 Å². The average molecular weight is 367 g/mol. The summed E-state index contributed by atoms with van der Waals surface area (Å²) in [6.07, 6.45) is 0.206. The third-order valence-corrected chi connectivity index (χ3v) is 4.65. The van der Waals surface area contributed by atoms with Crippen molar-refractivity contribution in [2.75, 3.05) is 6.54 Å². The van der Waals surface area contributed by atoms with Crippen molar-refractivity contribution in [1.29, 1.82) is 0 Å². The summed E-state index contributed by atoms with van der Waals surface area (Å²) in [6.45, 7) is 3.58. The lowest BCUT2D eigenvalue weighted by atomic mass is 10.1. The highest BCUT2D eigenvalue weighted by molar-refractivity contribution is 5.94. The van der Waals surface area contributed by atoms with Crippen LogP contribution in [0.4, 0.5) is 0 Å². The van der Waals surface area contributed by atoms with Crippen molar-refractivity contribution in [3.8, 4) is 11.4 Å².